The van der Waals surface area contributed by atoms with E-state index in [9.17, 15) is 29.5 Å². The van der Waals surface area contributed by atoms with Crippen molar-refractivity contribution in [3.05, 3.63) is 67.4 Å². The average molecular weight is 643 g/mol. The maximum atomic E-state index is 12.6. The number of carboxylic acids is 2. The van der Waals surface area contributed by atoms with Crippen LogP contribution in [0.1, 0.15) is 52.2 Å². The van der Waals surface area contributed by atoms with E-state index >= 15 is 0 Å². The number of aromatic nitrogens is 2. The van der Waals surface area contributed by atoms with E-state index in [0.29, 0.717) is 15.7 Å². The lowest BCUT2D eigenvalue weighted by Gasteiger charge is -2.12. The molecule has 4 aromatic heterocycles. The number of amides is 1. The molecule has 4 aromatic rings. The van der Waals surface area contributed by atoms with E-state index in [0.717, 1.165) is 50.9 Å². The van der Waals surface area contributed by atoms with Crippen LogP contribution in [-0.4, -0.2) is 49.8 Å². The number of hydrogen-bond donors (Lipinski definition) is 4. The number of rotatable bonds is 15. The Morgan fingerprint density at radius 2 is 1.86 bits per heavy atom. The molecule has 0 saturated heterocycles. The number of aromatic amines is 1. The molecule has 4 heterocycles. The van der Waals surface area contributed by atoms with Gasteiger partial charge in [-0.15, -0.1) is 34.0 Å². The number of aliphatic carboxylic acids is 2. The smallest absolute Gasteiger partial charge is 0.326 e. The number of nitrogens with one attached hydrogen (secondary N) is 2. The minimum atomic E-state index is -1.27. The first-order chi connectivity index (χ1) is 20.2. The quantitative estimate of drug-likeness (QED) is 0.0719. The number of H-pyrrole nitrogens is 1. The number of nitrogens with zero attached hydrogens (tertiary/aromatic N) is 2. The number of aryl methyl sites for hydroxylation is 1. The third kappa shape index (κ3) is 8.39. The van der Waals surface area contributed by atoms with Crippen LogP contribution in [0.5, 0.6) is 0 Å². The summed E-state index contributed by atoms with van der Waals surface area (Å²) in [5, 5.41) is 32.4. The maximum absolute atomic E-state index is 12.6. The van der Waals surface area contributed by atoms with Gasteiger partial charge in [0.15, 0.2) is 5.16 Å². The van der Waals surface area contributed by atoms with Gasteiger partial charge in [-0.1, -0.05) is 24.2 Å². The topological polar surface area (TPSA) is 173 Å². The van der Waals surface area contributed by atoms with E-state index < -0.39 is 29.4 Å². The van der Waals surface area contributed by atoms with E-state index in [2.05, 4.69) is 15.3 Å². The summed E-state index contributed by atoms with van der Waals surface area (Å²) in [4.78, 5) is 58.7. The first-order valence-corrected chi connectivity index (χ1v) is 16.4. The van der Waals surface area contributed by atoms with Crippen molar-refractivity contribution in [2.75, 3.05) is 5.75 Å². The highest BCUT2D eigenvalue weighted by molar-refractivity contribution is 7.99. The second-order valence-corrected chi connectivity index (χ2v) is 13.4. The number of unbranched alkanes of at least 4 members (excludes halogenated alkanes) is 2. The Morgan fingerprint density at radius 3 is 2.57 bits per heavy atom. The second kappa shape index (κ2) is 14.9. The zero-order valence-electron chi connectivity index (χ0n) is 22.1. The van der Waals surface area contributed by atoms with Crippen LogP contribution < -0.4 is 10.9 Å². The molecule has 42 heavy (non-hydrogen) atoms. The van der Waals surface area contributed by atoms with Gasteiger partial charge in [0, 0.05) is 26.8 Å². The predicted octanol–water partition coefficient (Wildman–Crippen LogP) is 5.71. The molecular formula is C28H26N4O6S4. The van der Waals surface area contributed by atoms with Gasteiger partial charge in [0.25, 0.3) is 11.5 Å². The number of carboxylic acid groups (broad SMARTS) is 2. The van der Waals surface area contributed by atoms with Crippen LogP contribution in [-0.2, 0) is 16.0 Å². The largest absolute Gasteiger partial charge is 0.481 e. The minimum absolute atomic E-state index is 0.00155. The van der Waals surface area contributed by atoms with Crippen LogP contribution in [0.15, 0.2) is 51.7 Å². The van der Waals surface area contributed by atoms with Gasteiger partial charge in [0.1, 0.15) is 23.4 Å². The van der Waals surface area contributed by atoms with Gasteiger partial charge in [-0.05, 0) is 61.4 Å². The Kier molecular flexibility index (Phi) is 11.1. The molecule has 0 spiro atoms. The summed E-state index contributed by atoms with van der Waals surface area (Å²) in [5.41, 5.74) is -0.0579. The molecule has 0 aliphatic carbocycles. The van der Waals surface area contributed by atoms with Crippen molar-refractivity contribution in [3.8, 4) is 26.4 Å². The van der Waals surface area contributed by atoms with E-state index in [1.54, 1.807) is 17.4 Å². The maximum Gasteiger partial charge on any atom is 0.326 e. The van der Waals surface area contributed by atoms with Crippen LogP contribution in [0.2, 0.25) is 0 Å². The van der Waals surface area contributed by atoms with Crippen molar-refractivity contribution in [3.63, 3.8) is 0 Å². The standard InChI is InChI=1S/C28H26N4O6S4/c29-15-17-24(21-11-10-20(42-21)19-6-4-14-39-19)31-28(32-25(17)35)40-13-3-1-2-5-16-7-9-22(41-16)26(36)30-18(27(37)38)8-12-23(33)34/h4,6-7,9-11,14,18H,1-3,5,8,12-13H2,(H,30,36)(H,33,34)(H,37,38)(H,31,32,35). The molecule has 0 saturated carbocycles. The lowest BCUT2D eigenvalue weighted by molar-refractivity contribution is -0.140. The fraction of sp³-hybridized carbons (Fsp3) is 0.286. The van der Waals surface area contributed by atoms with Crippen molar-refractivity contribution in [2.24, 2.45) is 0 Å². The fourth-order valence-electron chi connectivity index (χ4n) is 3.96. The van der Waals surface area contributed by atoms with Crippen molar-refractivity contribution in [2.45, 2.75) is 49.7 Å². The van der Waals surface area contributed by atoms with E-state index in [4.69, 9.17) is 5.11 Å². The SMILES string of the molecule is N#Cc1c(-c2ccc(-c3cccs3)s2)nc(SCCCCCc2ccc(C(=O)NC(CCC(=O)O)C(=O)O)s2)[nH]c1=O. The highest BCUT2D eigenvalue weighted by Crippen LogP contribution is 2.36. The van der Waals surface area contributed by atoms with Crippen molar-refractivity contribution in [1.82, 2.24) is 15.3 Å². The summed E-state index contributed by atoms with van der Waals surface area (Å²) in [6.45, 7) is 0. The lowest BCUT2D eigenvalue weighted by atomic mass is 10.1. The molecule has 4 N–H and O–H groups in total. The monoisotopic (exact) mass is 642 g/mol. The number of nitriles is 1. The van der Waals surface area contributed by atoms with Crippen LogP contribution in [0.3, 0.4) is 0 Å². The third-order valence-corrected chi connectivity index (χ3v) is 10.3. The number of carbonyl (C=O) groups excluding carboxylic acids is 1. The molecule has 14 heteroatoms. The molecule has 1 unspecified atom stereocenters. The van der Waals surface area contributed by atoms with Crippen LogP contribution in [0, 0.1) is 11.3 Å². The number of hydrogen-bond acceptors (Lipinski definition) is 10. The predicted molar refractivity (Wildman–Crippen MR) is 165 cm³/mol. The van der Waals surface area contributed by atoms with Crippen molar-refractivity contribution >= 4 is 63.6 Å². The number of thioether (sulfide) groups is 1. The van der Waals surface area contributed by atoms with Crippen molar-refractivity contribution < 1.29 is 24.6 Å². The Bertz CT molecular complexity index is 1650. The van der Waals surface area contributed by atoms with Gasteiger partial charge in [-0.3, -0.25) is 14.4 Å². The summed E-state index contributed by atoms with van der Waals surface area (Å²) in [6.07, 6.45) is 2.87. The van der Waals surface area contributed by atoms with Gasteiger partial charge < -0.3 is 20.5 Å². The Labute approximate surface area is 257 Å². The summed E-state index contributed by atoms with van der Waals surface area (Å²) in [5.74, 6) is -2.20. The summed E-state index contributed by atoms with van der Waals surface area (Å²) >= 11 is 5.84. The van der Waals surface area contributed by atoms with E-state index in [1.165, 1.54) is 34.4 Å². The molecule has 0 aliphatic heterocycles. The molecule has 0 fully saturated rings. The lowest BCUT2D eigenvalue weighted by Crippen LogP contribution is -2.40. The Morgan fingerprint density at radius 1 is 1.05 bits per heavy atom. The summed E-state index contributed by atoms with van der Waals surface area (Å²) in [6, 6.07) is 12.1. The highest BCUT2D eigenvalue weighted by atomic mass is 32.2. The normalized spacial score (nSPS) is 11.6. The van der Waals surface area contributed by atoms with Gasteiger partial charge in [-0.2, -0.15) is 5.26 Å². The molecule has 4 rings (SSSR count). The Hall–Kier alpha value is -3.77. The molecule has 0 radical (unpaired) electrons. The summed E-state index contributed by atoms with van der Waals surface area (Å²) in [7, 11) is 0. The highest BCUT2D eigenvalue weighted by Gasteiger charge is 2.22. The number of carbonyl (C=O) groups is 3. The van der Waals surface area contributed by atoms with Gasteiger partial charge in [0.05, 0.1) is 9.75 Å². The van der Waals surface area contributed by atoms with Crippen molar-refractivity contribution in [1.29, 1.82) is 5.26 Å². The van der Waals surface area contributed by atoms with Gasteiger partial charge >= 0.3 is 11.9 Å². The zero-order valence-corrected chi connectivity index (χ0v) is 25.4. The average Bonchev–Trinajstić information content (AvgIpc) is 3.74. The molecule has 1 amide bonds. The van der Waals surface area contributed by atoms with Gasteiger partial charge in [0.2, 0.25) is 0 Å². The molecule has 218 valence electrons. The Balaban J connectivity index is 1.25. The first kappa shape index (κ1) is 31.2. The van der Waals surface area contributed by atoms with Crippen LogP contribution >= 0.6 is 45.8 Å². The van der Waals surface area contributed by atoms with E-state index in [-0.39, 0.29) is 18.4 Å². The molecule has 0 bridgehead atoms. The van der Waals surface area contributed by atoms with E-state index in [1.807, 2.05) is 41.8 Å². The first-order valence-electron chi connectivity index (χ1n) is 12.9. The summed E-state index contributed by atoms with van der Waals surface area (Å²) < 4.78 is 0. The second-order valence-electron chi connectivity index (χ2n) is 9.07. The van der Waals surface area contributed by atoms with Gasteiger partial charge in [-0.25, -0.2) is 9.78 Å². The molecule has 0 aliphatic rings. The fourth-order valence-corrected chi connectivity index (χ4v) is 7.61. The molecule has 0 aromatic carbocycles. The molecular weight excluding hydrogens is 617 g/mol. The zero-order chi connectivity index (χ0) is 30.1. The minimum Gasteiger partial charge on any atom is -0.481 e. The number of thiophene rings is 3. The molecule has 10 nitrogen and oxygen atoms in total. The van der Waals surface area contributed by atoms with Crippen LogP contribution in [0.4, 0.5) is 0 Å². The molecule has 1 atom stereocenters. The third-order valence-electron chi connectivity index (χ3n) is 6.05. The van der Waals surface area contributed by atoms with Crippen LogP contribution in [0.25, 0.3) is 20.3 Å².